The van der Waals surface area contributed by atoms with Gasteiger partial charge in [-0.2, -0.15) is 0 Å². The summed E-state index contributed by atoms with van der Waals surface area (Å²) in [4.78, 5) is 13.2. The van der Waals surface area contributed by atoms with Crippen LogP contribution in [0.2, 0.25) is 0 Å². The molecule has 0 heterocycles. The Morgan fingerprint density at radius 1 is 0.970 bits per heavy atom. The van der Waals surface area contributed by atoms with Crippen LogP contribution in [0.4, 0.5) is 5.69 Å². The van der Waals surface area contributed by atoms with Gasteiger partial charge in [-0.15, -0.1) is 0 Å². The Hall–Kier alpha value is -3.52. The molecule has 174 valence electrons. The number of nitrogens with one attached hydrogen (secondary N) is 1. The van der Waals surface area contributed by atoms with Crippen LogP contribution in [0, 0.1) is 6.92 Å². The van der Waals surface area contributed by atoms with Gasteiger partial charge < -0.3 is 14.8 Å². The molecule has 3 rings (SSSR count). The van der Waals surface area contributed by atoms with Crippen LogP contribution < -0.4 is 19.1 Å². The van der Waals surface area contributed by atoms with E-state index in [2.05, 4.69) is 5.32 Å². The van der Waals surface area contributed by atoms with E-state index in [4.69, 9.17) is 9.47 Å². The Labute approximate surface area is 195 Å². The smallest absolute Gasteiger partial charge is 0.264 e. The summed E-state index contributed by atoms with van der Waals surface area (Å²) in [7, 11) is -0.856. The largest absolute Gasteiger partial charge is 0.497 e. The maximum absolute atomic E-state index is 13.4. The Kier molecular flexibility index (Phi) is 7.60. The number of rotatable bonds is 9. The third kappa shape index (κ3) is 5.64. The van der Waals surface area contributed by atoms with E-state index in [1.54, 1.807) is 75.7 Å². The first kappa shape index (κ1) is 24.1. The molecule has 7 nitrogen and oxygen atoms in total. The van der Waals surface area contributed by atoms with Crippen LogP contribution in [0.25, 0.3) is 0 Å². The molecular formula is C25H28N2O5S. The second-order valence-corrected chi connectivity index (χ2v) is 9.42. The van der Waals surface area contributed by atoms with E-state index in [-0.39, 0.29) is 11.4 Å². The SMILES string of the molecule is COc1ccc(OC)c([C@H](C)NC(=O)CN(c2cccc(C)c2)S(=O)(=O)c2ccccc2)c1. The van der Waals surface area contributed by atoms with Gasteiger partial charge in [-0.1, -0.05) is 30.3 Å². The fourth-order valence-corrected chi connectivity index (χ4v) is 4.92. The third-order valence-corrected chi connectivity index (χ3v) is 6.98. The number of amides is 1. The van der Waals surface area contributed by atoms with Gasteiger partial charge in [-0.3, -0.25) is 9.10 Å². The minimum Gasteiger partial charge on any atom is -0.497 e. The molecule has 0 bridgehead atoms. The van der Waals surface area contributed by atoms with Gasteiger partial charge in [0, 0.05) is 5.56 Å². The van der Waals surface area contributed by atoms with E-state index >= 15 is 0 Å². The van der Waals surface area contributed by atoms with Crippen LogP contribution in [0.3, 0.4) is 0 Å². The lowest BCUT2D eigenvalue weighted by molar-refractivity contribution is -0.120. The van der Waals surface area contributed by atoms with Gasteiger partial charge in [-0.05, 0) is 61.9 Å². The number of hydrogen-bond acceptors (Lipinski definition) is 5. The maximum Gasteiger partial charge on any atom is 0.264 e. The van der Waals surface area contributed by atoms with Crippen LogP contribution in [-0.4, -0.2) is 35.1 Å². The molecule has 3 aromatic rings. The number of benzene rings is 3. The molecule has 1 N–H and O–H groups in total. The fraction of sp³-hybridized carbons (Fsp3) is 0.240. The van der Waals surface area contributed by atoms with E-state index in [9.17, 15) is 13.2 Å². The van der Waals surface area contributed by atoms with Gasteiger partial charge in [0.05, 0.1) is 30.8 Å². The van der Waals surface area contributed by atoms with E-state index in [1.165, 1.54) is 12.1 Å². The van der Waals surface area contributed by atoms with Crippen molar-refractivity contribution in [3.8, 4) is 11.5 Å². The summed E-state index contributed by atoms with van der Waals surface area (Å²) in [5.41, 5.74) is 2.02. The zero-order chi connectivity index (χ0) is 24.0. The average molecular weight is 469 g/mol. The number of carbonyl (C=O) groups excluding carboxylic acids is 1. The molecular weight excluding hydrogens is 440 g/mol. The first-order valence-electron chi connectivity index (χ1n) is 10.4. The average Bonchev–Trinajstić information content (AvgIpc) is 2.82. The molecule has 0 aliphatic carbocycles. The van der Waals surface area contributed by atoms with Crippen molar-refractivity contribution >= 4 is 21.6 Å². The van der Waals surface area contributed by atoms with Gasteiger partial charge in [0.25, 0.3) is 10.0 Å². The van der Waals surface area contributed by atoms with E-state index in [0.717, 1.165) is 15.4 Å². The highest BCUT2D eigenvalue weighted by Gasteiger charge is 2.28. The van der Waals surface area contributed by atoms with Crippen LogP contribution in [0.1, 0.15) is 24.1 Å². The van der Waals surface area contributed by atoms with Gasteiger partial charge in [0.1, 0.15) is 18.0 Å². The topological polar surface area (TPSA) is 84.9 Å². The van der Waals surface area contributed by atoms with Gasteiger partial charge in [0.15, 0.2) is 0 Å². The molecule has 0 aliphatic heterocycles. The van der Waals surface area contributed by atoms with Crippen molar-refractivity contribution in [2.24, 2.45) is 0 Å². The van der Waals surface area contributed by atoms with Crippen molar-refractivity contribution in [3.05, 3.63) is 83.9 Å². The molecule has 0 unspecified atom stereocenters. The summed E-state index contributed by atoms with van der Waals surface area (Å²) in [6.07, 6.45) is 0. The number of aryl methyl sites for hydroxylation is 1. The lowest BCUT2D eigenvalue weighted by Crippen LogP contribution is -2.41. The summed E-state index contributed by atoms with van der Waals surface area (Å²) >= 11 is 0. The first-order valence-corrected chi connectivity index (χ1v) is 11.9. The number of sulfonamides is 1. The van der Waals surface area contributed by atoms with Crippen LogP contribution >= 0.6 is 0 Å². The summed E-state index contributed by atoms with van der Waals surface area (Å²) in [6, 6.07) is 20.0. The molecule has 0 saturated heterocycles. The quantitative estimate of drug-likeness (QED) is 0.511. The molecule has 1 amide bonds. The van der Waals surface area contributed by atoms with E-state index in [1.807, 2.05) is 13.0 Å². The number of anilines is 1. The molecule has 0 fully saturated rings. The van der Waals surface area contributed by atoms with E-state index in [0.29, 0.717) is 17.2 Å². The van der Waals surface area contributed by atoms with E-state index < -0.39 is 22.0 Å². The number of carbonyl (C=O) groups is 1. The number of nitrogens with zero attached hydrogens (tertiary/aromatic N) is 1. The lowest BCUT2D eigenvalue weighted by atomic mass is 10.1. The normalized spacial score (nSPS) is 12.0. The summed E-state index contributed by atoms with van der Waals surface area (Å²) in [5, 5.41) is 2.88. The first-order chi connectivity index (χ1) is 15.8. The van der Waals surface area contributed by atoms with Crippen molar-refractivity contribution in [2.75, 3.05) is 25.1 Å². The molecule has 0 spiro atoms. The predicted octanol–water partition coefficient (Wildman–Crippen LogP) is 4.08. The second-order valence-electron chi connectivity index (χ2n) is 7.56. The summed E-state index contributed by atoms with van der Waals surface area (Å²) < 4.78 is 38.7. The van der Waals surface area contributed by atoms with Crippen molar-refractivity contribution in [3.63, 3.8) is 0 Å². The minimum atomic E-state index is -3.96. The molecule has 1 atom stereocenters. The van der Waals surface area contributed by atoms with Crippen molar-refractivity contribution < 1.29 is 22.7 Å². The fourth-order valence-electron chi connectivity index (χ4n) is 3.49. The Bertz CT molecular complexity index is 1210. The maximum atomic E-state index is 13.4. The van der Waals surface area contributed by atoms with Gasteiger partial charge >= 0.3 is 0 Å². The number of ether oxygens (including phenoxy) is 2. The second kappa shape index (κ2) is 10.4. The minimum absolute atomic E-state index is 0.113. The summed E-state index contributed by atoms with van der Waals surface area (Å²) in [5.74, 6) is 0.768. The monoisotopic (exact) mass is 468 g/mol. The van der Waals surface area contributed by atoms with Gasteiger partial charge in [0.2, 0.25) is 5.91 Å². The number of methoxy groups -OCH3 is 2. The standard InChI is InChI=1S/C25H28N2O5S/c1-18-9-8-10-20(15-18)27(33(29,30)22-11-6-5-7-12-22)17-25(28)26-19(2)23-16-21(31-3)13-14-24(23)32-4/h5-16,19H,17H2,1-4H3,(H,26,28)/t19-/m0/s1. The molecule has 0 radical (unpaired) electrons. The Balaban J connectivity index is 1.90. The lowest BCUT2D eigenvalue weighted by Gasteiger charge is -2.25. The molecule has 8 heteroatoms. The highest BCUT2D eigenvalue weighted by Crippen LogP contribution is 2.29. The number of hydrogen-bond donors (Lipinski definition) is 1. The zero-order valence-electron chi connectivity index (χ0n) is 19.1. The predicted molar refractivity (Wildman–Crippen MR) is 128 cm³/mol. The van der Waals surface area contributed by atoms with Crippen LogP contribution in [-0.2, 0) is 14.8 Å². The van der Waals surface area contributed by atoms with Crippen LogP contribution in [0.15, 0.2) is 77.7 Å². The molecule has 0 aromatic heterocycles. The highest BCUT2D eigenvalue weighted by molar-refractivity contribution is 7.92. The van der Waals surface area contributed by atoms with Crippen molar-refractivity contribution in [1.82, 2.24) is 5.32 Å². The molecule has 3 aromatic carbocycles. The van der Waals surface area contributed by atoms with Crippen molar-refractivity contribution in [1.29, 1.82) is 0 Å². The van der Waals surface area contributed by atoms with Gasteiger partial charge in [-0.25, -0.2) is 8.42 Å². The Morgan fingerprint density at radius 3 is 2.33 bits per heavy atom. The molecule has 33 heavy (non-hydrogen) atoms. The third-order valence-electron chi connectivity index (χ3n) is 5.19. The molecule has 0 aliphatic rings. The zero-order valence-corrected chi connectivity index (χ0v) is 19.9. The summed E-state index contributed by atoms with van der Waals surface area (Å²) in [6.45, 7) is 3.29. The Morgan fingerprint density at radius 2 is 1.70 bits per heavy atom. The molecule has 0 saturated carbocycles. The highest BCUT2D eigenvalue weighted by atomic mass is 32.2. The van der Waals surface area contributed by atoms with Crippen LogP contribution in [0.5, 0.6) is 11.5 Å². The van der Waals surface area contributed by atoms with Crippen molar-refractivity contribution in [2.45, 2.75) is 24.8 Å².